The summed E-state index contributed by atoms with van der Waals surface area (Å²) in [6.45, 7) is 1.57. The molecule has 0 spiro atoms. The minimum absolute atomic E-state index is 0.0298. The van der Waals surface area contributed by atoms with Gasteiger partial charge in [-0.3, -0.25) is 4.79 Å². The van der Waals surface area contributed by atoms with Gasteiger partial charge in [0.25, 0.3) is 0 Å². The normalized spacial score (nSPS) is 30.4. The molecule has 1 N–H and O–H groups in total. The third-order valence-corrected chi connectivity index (χ3v) is 3.24. The Morgan fingerprint density at radius 3 is 2.14 bits per heavy atom. The third-order valence-electron chi connectivity index (χ3n) is 3.24. The molecule has 0 saturated heterocycles. The second-order valence-electron chi connectivity index (χ2n) is 4.55. The summed E-state index contributed by atoms with van der Waals surface area (Å²) < 4.78 is 0. The predicted octanol–water partition coefficient (Wildman–Crippen LogP) is 1.06. The summed E-state index contributed by atoms with van der Waals surface area (Å²) in [5.41, 5.74) is 0. The molecule has 0 radical (unpaired) electrons. The van der Waals surface area contributed by atoms with Crippen molar-refractivity contribution < 1.29 is 9.90 Å². The standard InChI is InChI=1S/C11H21NO2/c1-8(13)11(14)9-4-6-10(7-5-9)12(2)3/h8-10,13H,4-7H2,1-3H3. The lowest BCUT2D eigenvalue weighted by Gasteiger charge is -2.32. The van der Waals surface area contributed by atoms with Crippen molar-refractivity contribution in [2.75, 3.05) is 14.1 Å². The van der Waals surface area contributed by atoms with Crippen molar-refractivity contribution in [2.24, 2.45) is 5.92 Å². The number of ketones is 1. The topological polar surface area (TPSA) is 40.5 Å². The summed E-state index contributed by atoms with van der Waals surface area (Å²) in [4.78, 5) is 13.7. The zero-order valence-corrected chi connectivity index (χ0v) is 9.36. The molecule has 0 amide bonds. The molecule has 3 heteroatoms. The highest BCUT2D eigenvalue weighted by Gasteiger charge is 2.28. The van der Waals surface area contributed by atoms with Gasteiger partial charge in [-0.15, -0.1) is 0 Å². The van der Waals surface area contributed by atoms with Crippen LogP contribution in [-0.2, 0) is 4.79 Å². The van der Waals surface area contributed by atoms with Gasteiger partial charge in [-0.25, -0.2) is 0 Å². The molecule has 14 heavy (non-hydrogen) atoms. The first-order chi connectivity index (χ1) is 6.52. The fourth-order valence-corrected chi connectivity index (χ4v) is 2.22. The van der Waals surface area contributed by atoms with E-state index in [1.807, 2.05) is 0 Å². The van der Waals surface area contributed by atoms with Crippen molar-refractivity contribution in [3.8, 4) is 0 Å². The van der Waals surface area contributed by atoms with E-state index in [-0.39, 0.29) is 11.7 Å². The molecule has 1 aliphatic rings. The maximum absolute atomic E-state index is 11.5. The number of hydrogen-bond acceptors (Lipinski definition) is 3. The average molecular weight is 199 g/mol. The van der Waals surface area contributed by atoms with Gasteiger partial charge in [-0.05, 0) is 46.7 Å². The summed E-state index contributed by atoms with van der Waals surface area (Å²) in [5, 5.41) is 9.19. The van der Waals surface area contributed by atoms with Gasteiger partial charge < -0.3 is 10.0 Å². The molecule has 0 aromatic carbocycles. The summed E-state index contributed by atoms with van der Waals surface area (Å²) >= 11 is 0. The van der Waals surface area contributed by atoms with Gasteiger partial charge in [0.05, 0.1) is 0 Å². The Morgan fingerprint density at radius 2 is 1.79 bits per heavy atom. The van der Waals surface area contributed by atoms with Crippen LogP contribution in [-0.4, -0.2) is 42.0 Å². The number of carbonyl (C=O) groups excluding carboxylic acids is 1. The fraction of sp³-hybridized carbons (Fsp3) is 0.909. The van der Waals surface area contributed by atoms with Gasteiger partial charge in [0.1, 0.15) is 6.10 Å². The molecule has 1 rings (SSSR count). The van der Waals surface area contributed by atoms with E-state index in [4.69, 9.17) is 0 Å². The van der Waals surface area contributed by atoms with Crippen LogP contribution in [0.1, 0.15) is 32.6 Å². The number of rotatable bonds is 3. The van der Waals surface area contributed by atoms with E-state index in [2.05, 4.69) is 19.0 Å². The van der Waals surface area contributed by atoms with E-state index in [0.29, 0.717) is 6.04 Å². The predicted molar refractivity (Wildman–Crippen MR) is 56.1 cm³/mol. The Labute approximate surface area is 86.1 Å². The van der Waals surface area contributed by atoms with Crippen LogP contribution in [0.5, 0.6) is 0 Å². The molecule has 0 heterocycles. The monoisotopic (exact) mass is 199 g/mol. The summed E-state index contributed by atoms with van der Waals surface area (Å²) in [7, 11) is 4.17. The number of aliphatic hydroxyl groups is 1. The molecule has 0 aromatic rings. The number of carbonyl (C=O) groups is 1. The Balaban J connectivity index is 2.39. The summed E-state index contributed by atoms with van der Waals surface area (Å²) in [5.74, 6) is 0.133. The molecule has 0 bridgehead atoms. The maximum atomic E-state index is 11.5. The van der Waals surface area contributed by atoms with E-state index in [0.717, 1.165) is 25.7 Å². The quantitative estimate of drug-likeness (QED) is 0.739. The van der Waals surface area contributed by atoms with Crippen LogP contribution >= 0.6 is 0 Å². The van der Waals surface area contributed by atoms with E-state index in [1.54, 1.807) is 6.92 Å². The van der Waals surface area contributed by atoms with Crippen molar-refractivity contribution in [2.45, 2.75) is 44.8 Å². The first-order valence-corrected chi connectivity index (χ1v) is 5.40. The number of hydrogen-bond donors (Lipinski definition) is 1. The SMILES string of the molecule is CC(O)C(=O)C1CCC(N(C)C)CC1. The van der Waals surface area contributed by atoms with Gasteiger partial charge in [0, 0.05) is 12.0 Å². The van der Waals surface area contributed by atoms with Crippen molar-refractivity contribution in [1.82, 2.24) is 4.90 Å². The van der Waals surface area contributed by atoms with Gasteiger partial charge in [-0.1, -0.05) is 0 Å². The molecule has 0 aromatic heterocycles. The van der Waals surface area contributed by atoms with Crippen LogP contribution in [0, 0.1) is 5.92 Å². The highest BCUT2D eigenvalue weighted by Crippen LogP contribution is 2.27. The van der Waals surface area contributed by atoms with Crippen LogP contribution in [0.25, 0.3) is 0 Å². The maximum Gasteiger partial charge on any atom is 0.164 e. The largest absolute Gasteiger partial charge is 0.386 e. The fourth-order valence-electron chi connectivity index (χ4n) is 2.22. The van der Waals surface area contributed by atoms with E-state index >= 15 is 0 Å². The Bertz CT molecular complexity index is 193. The summed E-state index contributed by atoms with van der Waals surface area (Å²) in [6, 6.07) is 0.619. The Morgan fingerprint density at radius 1 is 1.29 bits per heavy atom. The molecule has 1 atom stereocenters. The minimum atomic E-state index is -0.782. The highest BCUT2D eigenvalue weighted by atomic mass is 16.3. The van der Waals surface area contributed by atoms with Crippen LogP contribution in [0.2, 0.25) is 0 Å². The first-order valence-electron chi connectivity index (χ1n) is 5.40. The van der Waals surface area contributed by atoms with Gasteiger partial charge in [-0.2, -0.15) is 0 Å². The Kier molecular flexibility index (Phi) is 4.08. The first kappa shape index (κ1) is 11.7. The number of Topliss-reactive ketones (excluding diaryl/α,β-unsaturated/α-hetero) is 1. The zero-order valence-electron chi connectivity index (χ0n) is 9.36. The molecule has 0 aliphatic heterocycles. The average Bonchev–Trinajstić information content (AvgIpc) is 2.16. The highest BCUT2D eigenvalue weighted by molar-refractivity contribution is 5.84. The lowest BCUT2D eigenvalue weighted by Crippen LogP contribution is -2.36. The Hall–Kier alpha value is -0.410. The van der Waals surface area contributed by atoms with Gasteiger partial charge in [0.2, 0.25) is 0 Å². The zero-order chi connectivity index (χ0) is 10.7. The van der Waals surface area contributed by atoms with Crippen molar-refractivity contribution in [3.05, 3.63) is 0 Å². The van der Waals surface area contributed by atoms with Crippen LogP contribution in [0.15, 0.2) is 0 Å². The lowest BCUT2D eigenvalue weighted by molar-refractivity contribution is -0.131. The molecule has 3 nitrogen and oxygen atoms in total. The molecule has 1 unspecified atom stereocenters. The van der Waals surface area contributed by atoms with Gasteiger partial charge in [0.15, 0.2) is 5.78 Å². The number of aliphatic hydroxyl groups excluding tert-OH is 1. The number of nitrogens with zero attached hydrogens (tertiary/aromatic N) is 1. The van der Waals surface area contributed by atoms with Crippen molar-refractivity contribution in [1.29, 1.82) is 0 Å². The second-order valence-corrected chi connectivity index (χ2v) is 4.55. The molecule has 1 fully saturated rings. The van der Waals surface area contributed by atoms with Crippen LogP contribution in [0.4, 0.5) is 0 Å². The van der Waals surface area contributed by atoms with E-state index in [9.17, 15) is 9.90 Å². The third kappa shape index (κ3) is 2.79. The minimum Gasteiger partial charge on any atom is -0.386 e. The molecular formula is C11H21NO2. The van der Waals surface area contributed by atoms with Crippen molar-refractivity contribution >= 4 is 5.78 Å². The molecular weight excluding hydrogens is 178 g/mol. The molecule has 82 valence electrons. The van der Waals surface area contributed by atoms with E-state index < -0.39 is 6.10 Å². The van der Waals surface area contributed by atoms with Gasteiger partial charge >= 0.3 is 0 Å². The van der Waals surface area contributed by atoms with Crippen molar-refractivity contribution in [3.63, 3.8) is 0 Å². The van der Waals surface area contributed by atoms with Crippen LogP contribution < -0.4 is 0 Å². The summed E-state index contributed by atoms with van der Waals surface area (Å²) in [6.07, 6.45) is 3.25. The molecule has 1 saturated carbocycles. The second kappa shape index (κ2) is 4.89. The molecule has 1 aliphatic carbocycles. The smallest absolute Gasteiger partial charge is 0.164 e. The lowest BCUT2D eigenvalue weighted by atomic mass is 9.82. The van der Waals surface area contributed by atoms with E-state index in [1.165, 1.54) is 0 Å². The van der Waals surface area contributed by atoms with Crippen LogP contribution in [0.3, 0.4) is 0 Å².